The molecular formula is C25H22N4O5. The van der Waals surface area contributed by atoms with Crippen molar-refractivity contribution >= 4 is 28.3 Å². The third kappa shape index (κ3) is 4.46. The van der Waals surface area contributed by atoms with Crippen molar-refractivity contribution < 1.29 is 19.2 Å². The lowest BCUT2D eigenvalue weighted by Gasteiger charge is -2.23. The first-order valence-corrected chi connectivity index (χ1v) is 10.9. The highest BCUT2D eigenvalue weighted by atomic mass is 16.6. The summed E-state index contributed by atoms with van der Waals surface area (Å²) < 4.78 is 13.3. The number of ether oxygens (including phenoxy) is 2. The van der Waals surface area contributed by atoms with E-state index < -0.39 is 4.92 Å². The van der Waals surface area contributed by atoms with Crippen LogP contribution in [0.2, 0.25) is 0 Å². The smallest absolute Gasteiger partial charge is 0.269 e. The molecule has 3 aromatic carbocycles. The van der Waals surface area contributed by atoms with Crippen molar-refractivity contribution in [3.8, 4) is 5.75 Å². The van der Waals surface area contributed by atoms with Crippen molar-refractivity contribution in [3.63, 3.8) is 0 Å². The van der Waals surface area contributed by atoms with Crippen LogP contribution in [-0.2, 0) is 29.2 Å². The number of non-ortho nitro benzene ring substituents is 1. The highest BCUT2D eigenvalue weighted by Gasteiger charge is 2.20. The second-order valence-electron chi connectivity index (χ2n) is 7.91. The number of anilines is 1. The molecule has 4 aromatic rings. The molecule has 34 heavy (non-hydrogen) atoms. The Bertz CT molecular complexity index is 1330. The summed E-state index contributed by atoms with van der Waals surface area (Å²) in [5, 5.41) is 10.8. The molecule has 0 saturated heterocycles. The molecule has 1 amide bonds. The van der Waals surface area contributed by atoms with Gasteiger partial charge in [-0.15, -0.1) is 0 Å². The molecule has 0 bridgehead atoms. The first kappa shape index (κ1) is 21.6. The standard InChI is InChI=1S/C25H22N4O5/c30-25(17-34-21-9-6-19(7-10-21)29(31)32)28(15-18-4-2-1-3-5-18)20-8-11-23-22(14-20)26-24-16-33-13-12-27(23)24/h1-11,14H,12-13,15-17H2. The highest BCUT2D eigenvalue weighted by molar-refractivity contribution is 5.96. The van der Waals surface area contributed by atoms with Crippen molar-refractivity contribution in [2.75, 3.05) is 18.1 Å². The van der Waals surface area contributed by atoms with Crippen molar-refractivity contribution in [2.24, 2.45) is 0 Å². The van der Waals surface area contributed by atoms with Crippen LogP contribution in [0.15, 0.2) is 72.8 Å². The lowest BCUT2D eigenvalue weighted by molar-refractivity contribution is -0.384. The predicted molar refractivity (Wildman–Crippen MR) is 126 cm³/mol. The molecule has 1 aliphatic heterocycles. The molecule has 0 aliphatic carbocycles. The molecule has 1 aromatic heterocycles. The molecule has 0 radical (unpaired) electrons. The summed E-state index contributed by atoms with van der Waals surface area (Å²) in [6, 6.07) is 21.2. The van der Waals surface area contributed by atoms with E-state index in [2.05, 4.69) is 4.57 Å². The lowest BCUT2D eigenvalue weighted by Crippen LogP contribution is -2.34. The molecule has 0 unspecified atom stereocenters. The van der Waals surface area contributed by atoms with E-state index in [9.17, 15) is 14.9 Å². The number of amides is 1. The molecule has 5 rings (SSSR count). The molecule has 0 spiro atoms. The Hall–Kier alpha value is -4.24. The zero-order valence-electron chi connectivity index (χ0n) is 18.3. The fraction of sp³-hybridized carbons (Fsp3) is 0.200. The van der Waals surface area contributed by atoms with Crippen molar-refractivity contribution in [1.82, 2.24) is 9.55 Å². The van der Waals surface area contributed by atoms with Crippen molar-refractivity contribution in [3.05, 3.63) is 94.3 Å². The summed E-state index contributed by atoms with van der Waals surface area (Å²) in [7, 11) is 0. The summed E-state index contributed by atoms with van der Waals surface area (Å²) in [6.07, 6.45) is 0. The summed E-state index contributed by atoms with van der Waals surface area (Å²) in [6.45, 7) is 2.03. The topological polar surface area (TPSA) is 99.7 Å². The van der Waals surface area contributed by atoms with Crippen LogP contribution in [-0.4, -0.2) is 33.6 Å². The predicted octanol–water partition coefficient (Wildman–Crippen LogP) is 4.09. The van der Waals surface area contributed by atoms with Gasteiger partial charge >= 0.3 is 0 Å². The number of hydrogen-bond acceptors (Lipinski definition) is 6. The number of imidazole rings is 1. The van der Waals surface area contributed by atoms with Crippen LogP contribution < -0.4 is 9.64 Å². The Balaban J connectivity index is 1.40. The van der Waals surface area contributed by atoms with E-state index in [1.165, 1.54) is 24.3 Å². The van der Waals surface area contributed by atoms with Crippen molar-refractivity contribution in [1.29, 1.82) is 0 Å². The Morgan fingerprint density at radius 1 is 1.12 bits per heavy atom. The molecule has 2 heterocycles. The Morgan fingerprint density at radius 2 is 1.91 bits per heavy atom. The third-order valence-electron chi connectivity index (χ3n) is 5.71. The van der Waals surface area contributed by atoms with Gasteiger partial charge in [-0.1, -0.05) is 30.3 Å². The Kier molecular flexibility index (Phi) is 5.92. The number of hydrogen-bond donors (Lipinski definition) is 0. The van der Waals surface area contributed by atoms with Gasteiger partial charge in [0, 0.05) is 24.4 Å². The van der Waals surface area contributed by atoms with E-state index in [4.69, 9.17) is 14.5 Å². The number of fused-ring (bicyclic) bond motifs is 3. The van der Waals surface area contributed by atoms with E-state index in [1.807, 2.05) is 48.5 Å². The van der Waals surface area contributed by atoms with Gasteiger partial charge in [-0.05, 0) is 35.9 Å². The van der Waals surface area contributed by atoms with E-state index in [-0.39, 0.29) is 18.2 Å². The monoisotopic (exact) mass is 458 g/mol. The van der Waals surface area contributed by atoms with Gasteiger partial charge in [0.15, 0.2) is 6.61 Å². The molecule has 0 atom stereocenters. The van der Waals surface area contributed by atoms with Gasteiger partial charge in [0.05, 0.1) is 29.1 Å². The maximum atomic E-state index is 13.3. The molecule has 9 heteroatoms. The Morgan fingerprint density at radius 3 is 2.68 bits per heavy atom. The number of carbonyl (C=O) groups is 1. The largest absolute Gasteiger partial charge is 0.484 e. The lowest BCUT2D eigenvalue weighted by atomic mass is 10.2. The van der Waals surface area contributed by atoms with Crippen molar-refractivity contribution in [2.45, 2.75) is 19.7 Å². The fourth-order valence-electron chi connectivity index (χ4n) is 3.99. The summed E-state index contributed by atoms with van der Waals surface area (Å²) >= 11 is 0. The van der Waals surface area contributed by atoms with E-state index in [0.717, 1.165) is 29.0 Å². The number of benzene rings is 3. The SMILES string of the molecule is O=C(COc1ccc([N+](=O)[O-])cc1)N(Cc1ccccc1)c1ccc2c(c1)nc1n2CCOC1. The molecule has 1 aliphatic rings. The fourth-order valence-corrected chi connectivity index (χ4v) is 3.99. The van der Waals surface area contributed by atoms with Crippen LogP contribution in [0.25, 0.3) is 11.0 Å². The van der Waals surface area contributed by atoms with Crippen LogP contribution >= 0.6 is 0 Å². The average molecular weight is 458 g/mol. The van der Waals surface area contributed by atoms with Crippen LogP contribution in [0.3, 0.4) is 0 Å². The second-order valence-corrected chi connectivity index (χ2v) is 7.91. The molecule has 172 valence electrons. The number of aromatic nitrogens is 2. The summed E-state index contributed by atoms with van der Waals surface area (Å²) in [5.74, 6) is 1.02. The molecule has 0 saturated carbocycles. The zero-order valence-corrected chi connectivity index (χ0v) is 18.3. The maximum absolute atomic E-state index is 13.3. The maximum Gasteiger partial charge on any atom is 0.269 e. The number of rotatable bonds is 7. The summed E-state index contributed by atoms with van der Waals surface area (Å²) in [5.41, 5.74) is 3.47. The van der Waals surface area contributed by atoms with Gasteiger partial charge in [0.25, 0.3) is 11.6 Å². The van der Waals surface area contributed by atoms with Gasteiger partial charge in [-0.2, -0.15) is 0 Å². The van der Waals surface area contributed by atoms with E-state index >= 15 is 0 Å². The molecule has 9 nitrogen and oxygen atoms in total. The molecule has 0 N–H and O–H groups in total. The Labute approximate surface area is 195 Å². The minimum atomic E-state index is -0.480. The minimum absolute atomic E-state index is 0.0363. The highest BCUT2D eigenvalue weighted by Crippen LogP contribution is 2.26. The normalized spacial score (nSPS) is 12.8. The van der Waals surface area contributed by atoms with Gasteiger partial charge < -0.3 is 18.9 Å². The minimum Gasteiger partial charge on any atom is -0.484 e. The number of nitrogens with zero attached hydrogens (tertiary/aromatic N) is 4. The molecular weight excluding hydrogens is 436 g/mol. The van der Waals surface area contributed by atoms with Crippen LogP contribution in [0.4, 0.5) is 11.4 Å². The van der Waals surface area contributed by atoms with Crippen LogP contribution in [0.1, 0.15) is 11.4 Å². The second kappa shape index (κ2) is 9.32. The molecule has 0 fully saturated rings. The van der Waals surface area contributed by atoms with Gasteiger partial charge in [0.1, 0.15) is 18.2 Å². The zero-order chi connectivity index (χ0) is 23.5. The number of nitro benzene ring substituents is 1. The summed E-state index contributed by atoms with van der Waals surface area (Å²) in [4.78, 5) is 30.0. The van der Waals surface area contributed by atoms with Crippen LogP contribution in [0.5, 0.6) is 5.75 Å². The number of carbonyl (C=O) groups excluding carboxylic acids is 1. The number of nitro groups is 1. The van der Waals surface area contributed by atoms with Crippen LogP contribution in [0, 0.1) is 10.1 Å². The van der Waals surface area contributed by atoms with Gasteiger partial charge in [0.2, 0.25) is 0 Å². The van der Waals surface area contributed by atoms with Gasteiger partial charge in [-0.3, -0.25) is 14.9 Å². The third-order valence-corrected chi connectivity index (χ3v) is 5.71. The van der Waals surface area contributed by atoms with E-state index in [1.54, 1.807) is 4.90 Å². The van der Waals surface area contributed by atoms with Gasteiger partial charge in [-0.25, -0.2) is 4.98 Å². The first-order chi connectivity index (χ1) is 16.6. The quantitative estimate of drug-likeness (QED) is 0.306. The average Bonchev–Trinajstić information content (AvgIpc) is 3.24. The first-order valence-electron chi connectivity index (χ1n) is 10.9. The van der Waals surface area contributed by atoms with E-state index in [0.29, 0.717) is 31.2 Å².